The molecule has 5 nitrogen and oxygen atoms in total. The maximum atomic E-state index is 14.0. The molecule has 0 unspecified atom stereocenters. The number of rotatable bonds is 7. The van der Waals surface area contributed by atoms with Gasteiger partial charge in [0.1, 0.15) is 12.4 Å². The molecule has 0 aromatic heterocycles. The van der Waals surface area contributed by atoms with E-state index in [0.717, 1.165) is 17.3 Å². The quantitative estimate of drug-likeness (QED) is 0.369. The van der Waals surface area contributed by atoms with Crippen LogP contribution in [0.25, 0.3) is 6.08 Å². The van der Waals surface area contributed by atoms with Crippen LogP contribution < -0.4 is 9.47 Å². The molecule has 3 aromatic carbocycles. The summed E-state index contributed by atoms with van der Waals surface area (Å²) in [5, 5.41) is -0.0411. The first kappa shape index (κ1) is 22.9. The van der Waals surface area contributed by atoms with Crippen molar-refractivity contribution in [1.29, 1.82) is 0 Å². The summed E-state index contributed by atoms with van der Waals surface area (Å²) in [4.78, 5) is 26.7. The third kappa shape index (κ3) is 5.21. The van der Waals surface area contributed by atoms with Gasteiger partial charge in [-0.2, -0.15) is 0 Å². The van der Waals surface area contributed by atoms with E-state index in [1.807, 2.05) is 30.3 Å². The van der Waals surface area contributed by atoms with Crippen LogP contribution in [-0.2, 0) is 17.9 Å². The molecule has 0 bridgehead atoms. The van der Waals surface area contributed by atoms with E-state index in [2.05, 4.69) is 0 Å². The average molecular weight is 484 g/mol. The van der Waals surface area contributed by atoms with Gasteiger partial charge in [-0.1, -0.05) is 54.1 Å². The van der Waals surface area contributed by atoms with E-state index in [4.69, 9.17) is 21.1 Å². The summed E-state index contributed by atoms with van der Waals surface area (Å²) in [6.07, 6.45) is 1.63. The Bertz CT molecular complexity index is 1210. The van der Waals surface area contributed by atoms with Gasteiger partial charge in [0, 0.05) is 5.56 Å². The Labute approximate surface area is 199 Å². The van der Waals surface area contributed by atoms with Crippen molar-refractivity contribution in [2.45, 2.75) is 13.2 Å². The first-order valence-corrected chi connectivity index (χ1v) is 11.2. The monoisotopic (exact) mass is 483 g/mol. The molecule has 8 heteroatoms. The summed E-state index contributed by atoms with van der Waals surface area (Å²) >= 11 is 6.95. The van der Waals surface area contributed by atoms with Crippen LogP contribution in [0.1, 0.15) is 16.7 Å². The summed E-state index contributed by atoms with van der Waals surface area (Å²) in [6.45, 7) is 0.150. The van der Waals surface area contributed by atoms with Crippen molar-refractivity contribution in [2.24, 2.45) is 0 Å². The molecule has 1 aliphatic rings. The number of carbonyl (C=O) groups is 2. The highest BCUT2D eigenvalue weighted by Crippen LogP contribution is 2.35. The van der Waals surface area contributed by atoms with E-state index < -0.39 is 5.82 Å². The van der Waals surface area contributed by atoms with Crippen LogP contribution in [-0.4, -0.2) is 23.2 Å². The van der Waals surface area contributed by atoms with Crippen LogP contribution in [0.3, 0.4) is 0 Å². The van der Waals surface area contributed by atoms with E-state index in [1.165, 1.54) is 24.1 Å². The predicted molar refractivity (Wildman–Crippen MR) is 127 cm³/mol. The lowest BCUT2D eigenvalue weighted by molar-refractivity contribution is -0.123. The molecule has 4 rings (SSSR count). The van der Waals surface area contributed by atoms with Crippen LogP contribution in [0.2, 0.25) is 5.02 Å². The fourth-order valence-electron chi connectivity index (χ4n) is 3.27. The second kappa shape index (κ2) is 10.1. The van der Waals surface area contributed by atoms with Gasteiger partial charge in [-0.25, -0.2) is 4.39 Å². The van der Waals surface area contributed by atoms with Crippen LogP contribution in [0.15, 0.2) is 71.6 Å². The summed E-state index contributed by atoms with van der Waals surface area (Å²) in [5.41, 5.74) is 1.78. The Morgan fingerprint density at radius 3 is 2.55 bits per heavy atom. The highest BCUT2D eigenvalue weighted by molar-refractivity contribution is 8.18. The van der Waals surface area contributed by atoms with Crippen molar-refractivity contribution in [3.8, 4) is 11.5 Å². The largest absolute Gasteiger partial charge is 0.493 e. The van der Waals surface area contributed by atoms with Crippen LogP contribution in [0.4, 0.5) is 9.18 Å². The van der Waals surface area contributed by atoms with E-state index in [-0.39, 0.29) is 34.9 Å². The van der Waals surface area contributed by atoms with E-state index >= 15 is 0 Å². The molecule has 2 amide bonds. The fourth-order valence-corrected chi connectivity index (χ4v) is 4.32. The zero-order valence-electron chi connectivity index (χ0n) is 17.6. The lowest BCUT2D eigenvalue weighted by atomic mass is 10.1. The maximum absolute atomic E-state index is 14.0. The van der Waals surface area contributed by atoms with Crippen molar-refractivity contribution in [1.82, 2.24) is 4.90 Å². The normalized spacial score (nSPS) is 14.8. The molecule has 0 saturated carbocycles. The third-order valence-corrected chi connectivity index (χ3v) is 6.24. The minimum Gasteiger partial charge on any atom is -0.493 e. The topological polar surface area (TPSA) is 55.8 Å². The molecule has 0 N–H and O–H groups in total. The smallest absolute Gasteiger partial charge is 0.293 e. The average Bonchev–Trinajstić information content (AvgIpc) is 3.07. The van der Waals surface area contributed by atoms with Gasteiger partial charge in [-0.15, -0.1) is 0 Å². The van der Waals surface area contributed by atoms with Crippen LogP contribution >= 0.6 is 23.4 Å². The highest BCUT2D eigenvalue weighted by Gasteiger charge is 2.35. The molecular weight excluding hydrogens is 465 g/mol. The van der Waals surface area contributed by atoms with Gasteiger partial charge < -0.3 is 9.47 Å². The molecule has 3 aromatic rings. The first-order chi connectivity index (χ1) is 16.0. The van der Waals surface area contributed by atoms with Gasteiger partial charge in [0.05, 0.1) is 23.6 Å². The summed E-state index contributed by atoms with van der Waals surface area (Å²) < 4.78 is 25.1. The van der Waals surface area contributed by atoms with E-state index in [9.17, 15) is 14.0 Å². The third-order valence-electron chi connectivity index (χ3n) is 4.98. The number of nitrogens with zero attached hydrogens (tertiary/aromatic N) is 1. The van der Waals surface area contributed by atoms with Crippen molar-refractivity contribution >= 4 is 40.6 Å². The molecule has 33 heavy (non-hydrogen) atoms. The molecule has 1 heterocycles. The second-order valence-electron chi connectivity index (χ2n) is 7.15. The van der Waals surface area contributed by atoms with Gasteiger partial charge >= 0.3 is 0 Å². The molecule has 0 aliphatic carbocycles. The van der Waals surface area contributed by atoms with Crippen molar-refractivity contribution in [2.75, 3.05) is 7.11 Å². The predicted octanol–water partition coefficient (Wildman–Crippen LogP) is 6.30. The van der Waals surface area contributed by atoms with Crippen LogP contribution in [0, 0.1) is 5.82 Å². The minimum atomic E-state index is -0.454. The highest BCUT2D eigenvalue weighted by atomic mass is 35.5. The standard InChI is InChI=1S/C25H19ClFNO4S/c1-31-22-12-17(10-11-21(22)32-15-18-19(26)8-5-9-20(18)27)13-23-24(29)28(25(30)33-23)14-16-6-3-2-4-7-16/h2-13H,14-15H2,1H3/b23-13-. The summed E-state index contributed by atoms with van der Waals surface area (Å²) in [5.74, 6) is -0.00228. The van der Waals surface area contributed by atoms with Gasteiger partial charge in [0.2, 0.25) is 0 Å². The van der Waals surface area contributed by atoms with Gasteiger partial charge in [0.15, 0.2) is 11.5 Å². The minimum absolute atomic E-state index is 0.0699. The second-order valence-corrected chi connectivity index (χ2v) is 8.55. The number of thioether (sulfide) groups is 1. The maximum Gasteiger partial charge on any atom is 0.293 e. The Balaban J connectivity index is 1.50. The van der Waals surface area contributed by atoms with Crippen molar-refractivity contribution in [3.63, 3.8) is 0 Å². The lowest BCUT2D eigenvalue weighted by Gasteiger charge is -2.13. The fraction of sp³-hybridized carbons (Fsp3) is 0.120. The number of amides is 2. The molecule has 1 saturated heterocycles. The van der Waals surface area contributed by atoms with E-state index in [0.29, 0.717) is 22.0 Å². The van der Waals surface area contributed by atoms with Crippen molar-refractivity contribution in [3.05, 3.63) is 99.2 Å². The Morgan fingerprint density at radius 2 is 1.82 bits per heavy atom. The number of methoxy groups -OCH3 is 1. The molecule has 0 radical (unpaired) electrons. The Hall–Kier alpha value is -3.29. The summed E-state index contributed by atoms with van der Waals surface area (Å²) in [7, 11) is 1.48. The number of imide groups is 1. The summed E-state index contributed by atoms with van der Waals surface area (Å²) in [6, 6.07) is 18.8. The molecular formula is C25H19ClFNO4S. The number of ether oxygens (including phenoxy) is 2. The van der Waals surface area contributed by atoms with Crippen molar-refractivity contribution < 1.29 is 23.5 Å². The number of hydrogen-bond donors (Lipinski definition) is 0. The molecule has 0 spiro atoms. The SMILES string of the molecule is COc1cc(/C=C2\SC(=O)N(Cc3ccccc3)C2=O)ccc1OCc1c(F)cccc1Cl. The molecule has 1 fully saturated rings. The van der Waals surface area contributed by atoms with Gasteiger partial charge in [-0.05, 0) is 53.2 Å². The Morgan fingerprint density at radius 1 is 1.03 bits per heavy atom. The number of benzene rings is 3. The zero-order chi connectivity index (χ0) is 23.4. The van der Waals surface area contributed by atoms with Gasteiger partial charge in [-0.3, -0.25) is 14.5 Å². The van der Waals surface area contributed by atoms with Crippen LogP contribution in [0.5, 0.6) is 11.5 Å². The molecule has 168 valence electrons. The number of carbonyl (C=O) groups excluding carboxylic acids is 2. The molecule has 1 aliphatic heterocycles. The van der Waals surface area contributed by atoms with E-state index in [1.54, 1.807) is 30.3 Å². The van der Waals surface area contributed by atoms with Gasteiger partial charge in [0.25, 0.3) is 11.1 Å². The number of hydrogen-bond acceptors (Lipinski definition) is 5. The Kier molecular flexibility index (Phi) is 7.01. The number of halogens is 2. The zero-order valence-corrected chi connectivity index (χ0v) is 19.2. The lowest BCUT2D eigenvalue weighted by Crippen LogP contribution is -2.27. The first-order valence-electron chi connectivity index (χ1n) is 9.99. The molecule has 0 atom stereocenters.